The Morgan fingerprint density at radius 2 is 1.95 bits per heavy atom. The smallest absolute Gasteiger partial charge is 0.292 e. The lowest BCUT2D eigenvalue weighted by atomic mass is 10.1. The van der Waals surface area contributed by atoms with E-state index in [9.17, 15) is 4.79 Å². The lowest BCUT2D eigenvalue weighted by Crippen LogP contribution is -1.96. The number of nitrogens with one attached hydrogen (secondary N) is 2. The molecule has 0 aliphatic carbocycles. The average molecular weight is 286 g/mol. The first-order valence-electron chi connectivity index (χ1n) is 5.72. The van der Waals surface area contributed by atoms with Gasteiger partial charge in [-0.2, -0.15) is 0 Å². The highest BCUT2D eigenvalue weighted by atomic mass is 32.1. The molecule has 8 heteroatoms. The number of nitrogens with zero attached hydrogens (tertiary/aromatic N) is 3. The normalized spacial score (nSPS) is 11.2. The van der Waals surface area contributed by atoms with Crippen molar-refractivity contribution in [1.82, 2.24) is 15.2 Å². The van der Waals surface area contributed by atoms with Crippen molar-refractivity contribution in [2.45, 2.75) is 0 Å². The Morgan fingerprint density at radius 1 is 1.15 bits per heavy atom. The van der Waals surface area contributed by atoms with Gasteiger partial charge < -0.3 is 5.73 Å². The molecule has 0 spiro atoms. The molecule has 1 aromatic carbocycles. The van der Waals surface area contributed by atoms with Crippen LogP contribution in [0, 0.1) is 0 Å². The molecule has 4 N–H and O–H groups in total. The molecule has 0 aliphatic heterocycles. The van der Waals surface area contributed by atoms with E-state index < -0.39 is 0 Å². The van der Waals surface area contributed by atoms with E-state index in [2.05, 4.69) is 25.4 Å². The average Bonchev–Trinajstić information content (AvgIpc) is 3.07. The Hall–Kier alpha value is -2.74. The minimum absolute atomic E-state index is 0.213. The van der Waals surface area contributed by atoms with Crippen LogP contribution in [-0.2, 0) is 0 Å². The van der Waals surface area contributed by atoms with Gasteiger partial charge in [-0.3, -0.25) is 15.0 Å². The minimum atomic E-state index is -0.336. The van der Waals surface area contributed by atoms with E-state index in [1.54, 1.807) is 35.8 Å². The van der Waals surface area contributed by atoms with Crippen LogP contribution in [0.3, 0.4) is 0 Å². The quantitative estimate of drug-likeness (QED) is 0.508. The third kappa shape index (κ3) is 2.36. The molecule has 2 heterocycles. The zero-order valence-electron chi connectivity index (χ0n) is 10.2. The first-order valence-corrected chi connectivity index (χ1v) is 6.60. The van der Waals surface area contributed by atoms with Crippen LogP contribution < -0.4 is 11.3 Å². The molecule has 0 fully saturated rings. The van der Waals surface area contributed by atoms with Gasteiger partial charge in [0, 0.05) is 22.8 Å². The minimum Gasteiger partial charge on any atom is -0.399 e. The van der Waals surface area contributed by atoms with Crippen LogP contribution >= 0.6 is 11.3 Å². The van der Waals surface area contributed by atoms with Crippen LogP contribution in [0.25, 0.3) is 11.3 Å². The SMILES string of the molecule is Nc1ccc(-c2[nH][nH]c(=O)c2N=Nc2nccs2)cc1. The van der Waals surface area contributed by atoms with E-state index >= 15 is 0 Å². The van der Waals surface area contributed by atoms with Crippen LogP contribution in [0.4, 0.5) is 16.5 Å². The molecule has 0 unspecified atom stereocenters. The first kappa shape index (κ1) is 12.3. The number of benzene rings is 1. The second-order valence-corrected chi connectivity index (χ2v) is 4.81. The van der Waals surface area contributed by atoms with Crippen LogP contribution in [0.5, 0.6) is 0 Å². The fourth-order valence-electron chi connectivity index (χ4n) is 1.66. The highest BCUT2D eigenvalue weighted by Gasteiger charge is 2.11. The number of aromatic amines is 2. The molecule has 100 valence electrons. The molecule has 0 bridgehead atoms. The zero-order chi connectivity index (χ0) is 13.9. The van der Waals surface area contributed by atoms with Crippen molar-refractivity contribution in [1.29, 1.82) is 0 Å². The van der Waals surface area contributed by atoms with Gasteiger partial charge in [-0.25, -0.2) is 4.98 Å². The number of nitrogen functional groups attached to an aromatic ring is 1. The van der Waals surface area contributed by atoms with Crippen molar-refractivity contribution >= 4 is 27.8 Å². The van der Waals surface area contributed by atoms with Gasteiger partial charge in [0.2, 0.25) is 5.13 Å². The lowest BCUT2D eigenvalue weighted by Gasteiger charge is -1.99. The summed E-state index contributed by atoms with van der Waals surface area (Å²) >= 11 is 1.34. The predicted octanol–water partition coefficient (Wildman–Crippen LogP) is 2.82. The third-order valence-electron chi connectivity index (χ3n) is 2.61. The van der Waals surface area contributed by atoms with Crippen LogP contribution in [-0.4, -0.2) is 15.2 Å². The first-order chi connectivity index (χ1) is 9.74. The van der Waals surface area contributed by atoms with E-state index in [4.69, 9.17) is 5.73 Å². The van der Waals surface area contributed by atoms with E-state index in [1.807, 2.05) is 0 Å². The molecule has 0 amide bonds. The summed E-state index contributed by atoms with van der Waals surface area (Å²) in [5.74, 6) is 0. The third-order valence-corrected chi connectivity index (χ3v) is 3.26. The Bertz CT molecular complexity index is 784. The summed E-state index contributed by atoms with van der Waals surface area (Å²) in [6, 6.07) is 7.11. The molecule has 0 saturated heterocycles. The molecule has 3 aromatic rings. The summed E-state index contributed by atoms with van der Waals surface area (Å²) in [5, 5.41) is 15.5. The van der Waals surface area contributed by atoms with Crippen LogP contribution in [0.1, 0.15) is 0 Å². The predicted molar refractivity (Wildman–Crippen MR) is 77.6 cm³/mol. The van der Waals surface area contributed by atoms with Crippen molar-refractivity contribution in [3.63, 3.8) is 0 Å². The number of nitrogens with two attached hydrogens (primary N) is 1. The number of aromatic nitrogens is 3. The molecule has 0 atom stereocenters. The monoisotopic (exact) mass is 286 g/mol. The molecule has 3 rings (SSSR count). The van der Waals surface area contributed by atoms with Gasteiger partial charge in [0.15, 0.2) is 5.69 Å². The molecule has 0 radical (unpaired) electrons. The lowest BCUT2D eigenvalue weighted by molar-refractivity contribution is 1.06. The van der Waals surface area contributed by atoms with Gasteiger partial charge in [-0.15, -0.1) is 21.6 Å². The molecule has 0 aliphatic rings. The maximum absolute atomic E-state index is 11.8. The van der Waals surface area contributed by atoms with Gasteiger partial charge in [0.1, 0.15) is 0 Å². The molecular weight excluding hydrogens is 276 g/mol. The van der Waals surface area contributed by atoms with E-state index in [0.29, 0.717) is 16.5 Å². The van der Waals surface area contributed by atoms with Gasteiger partial charge in [-0.1, -0.05) is 12.1 Å². The summed E-state index contributed by atoms with van der Waals surface area (Å²) in [6.07, 6.45) is 1.63. The van der Waals surface area contributed by atoms with E-state index in [1.165, 1.54) is 11.3 Å². The fourth-order valence-corrected chi connectivity index (χ4v) is 2.12. The van der Waals surface area contributed by atoms with Crippen molar-refractivity contribution in [3.8, 4) is 11.3 Å². The molecule has 20 heavy (non-hydrogen) atoms. The van der Waals surface area contributed by atoms with Gasteiger partial charge in [0.25, 0.3) is 5.56 Å². The Morgan fingerprint density at radius 3 is 2.65 bits per heavy atom. The van der Waals surface area contributed by atoms with E-state index in [0.717, 1.165) is 5.56 Å². The number of azo groups is 1. The summed E-state index contributed by atoms with van der Waals surface area (Å²) < 4.78 is 0. The summed E-state index contributed by atoms with van der Waals surface area (Å²) in [7, 11) is 0. The van der Waals surface area contributed by atoms with Crippen molar-refractivity contribution in [2.75, 3.05) is 5.73 Å². The Kier molecular flexibility index (Phi) is 3.13. The Labute approximate surface area is 117 Å². The summed E-state index contributed by atoms with van der Waals surface area (Å²) in [5.41, 5.74) is 7.53. The maximum atomic E-state index is 11.8. The molecule has 2 aromatic heterocycles. The molecular formula is C12H10N6OS. The van der Waals surface area contributed by atoms with E-state index in [-0.39, 0.29) is 11.2 Å². The number of thiazole rings is 1. The maximum Gasteiger partial charge on any atom is 0.292 e. The Balaban J connectivity index is 2.01. The highest BCUT2D eigenvalue weighted by Crippen LogP contribution is 2.27. The second kappa shape index (κ2) is 5.10. The zero-order valence-corrected chi connectivity index (χ0v) is 11.0. The van der Waals surface area contributed by atoms with Crippen molar-refractivity contribution in [3.05, 3.63) is 46.2 Å². The number of rotatable bonds is 3. The highest BCUT2D eigenvalue weighted by molar-refractivity contribution is 7.13. The summed E-state index contributed by atoms with van der Waals surface area (Å²) in [6.45, 7) is 0. The van der Waals surface area contributed by atoms with Crippen LogP contribution in [0.15, 0.2) is 50.9 Å². The topological polar surface area (TPSA) is 112 Å². The number of H-pyrrole nitrogens is 2. The summed E-state index contributed by atoms with van der Waals surface area (Å²) in [4.78, 5) is 15.7. The number of hydrogen-bond acceptors (Lipinski definition) is 6. The fraction of sp³-hybridized carbons (Fsp3) is 0. The molecule has 7 nitrogen and oxygen atoms in total. The number of anilines is 1. The van der Waals surface area contributed by atoms with Crippen molar-refractivity contribution in [2.24, 2.45) is 10.2 Å². The largest absolute Gasteiger partial charge is 0.399 e. The second-order valence-electron chi connectivity index (χ2n) is 3.94. The van der Waals surface area contributed by atoms with Crippen LogP contribution in [0.2, 0.25) is 0 Å². The van der Waals surface area contributed by atoms with Gasteiger partial charge >= 0.3 is 0 Å². The number of hydrogen-bond donors (Lipinski definition) is 3. The molecule has 0 saturated carbocycles. The van der Waals surface area contributed by atoms with Crippen molar-refractivity contribution < 1.29 is 0 Å². The van der Waals surface area contributed by atoms with Gasteiger partial charge in [0.05, 0.1) is 5.69 Å². The standard InChI is InChI=1S/C12H10N6OS/c13-8-3-1-7(2-4-8)9-10(11(19)17-15-9)16-18-12-14-5-6-20-12/h1-6H,13H2,(H2,15,17,19). The van der Waals surface area contributed by atoms with Gasteiger partial charge in [-0.05, 0) is 12.1 Å².